The van der Waals surface area contributed by atoms with Crippen LogP contribution in [-0.4, -0.2) is 30.9 Å². The molecule has 4 heterocycles. The van der Waals surface area contributed by atoms with E-state index in [4.69, 9.17) is 23.7 Å². The highest BCUT2D eigenvalue weighted by atomic mass is 16.7. The number of nitro benzene ring substituents is 1. The maximum absolute atomic E-state index is 11.4. The highest BCUT2D eigenvalue weighted by molar-refractivity contribution is 5.88. The third-order valence-corrected chi connectivity index (χ3v) is 8.91. The van der Waals surface area contributed by atoms with Crippen LogP contribution in [0.3, 0.4) is 0 Å². The SMILES string of the molecule is COC1=C(OC)c2c[n+]3c(c(OCc4ccccc4-c4cc5cc([N+](=O)[O-])ccc5[nH]4)c2CC1)-c1cc2c(cc1CC3)OCO2. The van der Waals surface area contributed by atoms with Crippen LogP contribution in [0.4, 0.5) is 5.69 Å². The van der Waals surface area contributed by atoms with E-state index in [2.05, 4.69) is 27.9 Å². The van der Waals surface area contributed by atoms with Crippen LogP contribution < -0.4 is 18.8 Å². The first-order valence-electron chi connectivity index (χ1n) is 14.8. The van der Waals surface area contributed by atoms with Crippen molar-refractivity contribution >= 4 is 22.3 Å². The molecule has 0 amide bonds. The molecule has 5 aromatic rings. The van der Waals surface area contributed by atoms with Crippen molar-refractivity contribution in [3.8, 4) is 39.8 Å². The third kappa shape index (κ3) is 4.44. The standard InChI is InChI=1S/C35H30N3O7/c1-41-30-10-8-25-27(34(30)42-2)17-37-12-11-20-15-31-32(45-19-44-31)16-26(20)33(37)35(25)43-18-21-5-3-4-6-24(21)29-14-22-13-23(38(39)40)7-9-28(22)36-29/h3-7,9,13-17,36H,8,10-12,18-19H2,1-2H3/q+1. The molecule has 2 aliphatic heterocycles. The summed E-state index contributed by atoms with van der Waals surface area (Å²) in [4.78, 5) is 14.4. The van der Waals surface area contributed by atoms with Crippen molar-refractivity contribution in [2.24, 2.45) is 0 Å². The highest BCUT2D eigenvalue weighted by Gasteiger charge is 2.37. The van der Waals surface area contributed by atoms with Crippen molar-refractivity contribution < 1.29 is 33.2 Å². The largest absolute Gasteiger partial charge is 0.497 e. The van der Waals surface area contributed by atoms with Gasteiger partial charge in [0.2, 0.25) is 6.79 Å². The Morgan fingerprint density at radius 2 is 1.78 bits per heavy atom. The number of methoxy groups -OCH3 is 2. The van der Waals surface area contributed by atoms with Crippen LogP contribution in [-0.2, 0) is 35.5 Å². The van der Waals surface area contributed by atoms with Gasteiger partial charge in [-0.1, -0.05) is 24.3 Å². The monoisotopic (exact) mass is 604 g/mol. The number of allylic oxidation sites excluding steroid dienone is 1. The van der Waals surface area contributed by atoms with E-state index in [1.165, 1.54) is 11.6 Å². The molecular weight excluding hydrogens is 574 g/mol. The number of rotatable bonds is 7. The Hall–Kier alpha value is -5.51. The van der Waals surface area contributed by atoms with Gasteiger partial charge < -0.3 is 28.7 Å². The molecule has 1 N–H and O–H groups in total. The number of nitrogens with zero attached hydrogens (tertiary/aromatic N) is 2. The van der Waals surface area contributed by atoms with Gasteiger partial charge in [0.05, 0.1) is 30.3 Å². The second kappa shape index (κ2) is 10.6. The molecule has 1 aliphatic carbocycles. The average Bonchev–Trinajstić information content (AvgIpc) is 3.71. The van der Waals surface area contributed by atoms with Crippen LogP contribution >= 0.6 is 0 Å². The number of H-pyrrole nitrogens is 1. The first kappa shape index (κ1) is 27.1. The van der Waals surface area contributed by atoms with Crippen molar-refractivity contribution in [2.75, 3.05) is 21.0 Å². The normalized spacial score (nSPS) is 14.5. The molecule has 3 aliphatic rings. The zero-order valence-electron chi connectivity index (χ0n) is 24.8. The number of benzene rings is 3. The number of hydrogen-bond donors (Lipinski definition) is 1. The lowest BCUT2D eigenvalue weighted by atomic mass is 9.89. The van der Waals surface area contributed by atoms with Crippen molar-refractivity contribution in [3.63, 3.8) is 0 Å². The van der Waals surface area contributed by atoms with Crippen LogP contribution in [0.2, 0.25) is 0 Å². The van der Waals surface area contributed by atoms with Gasteiger partial charge in [-0.3, -0.25) is 10.1 Å². The van der Waals surface area contributed by atoms with Gasteiger partial charge >= 0.3 is 0 Å². The first-order chi connectivity index (χ1) is 22.0. The molecular formula is C35H30N3O7+. The summed E-state index contributed by atoms with van der Waals surface area (Å²) in [6.45, 7) is 1.28. The highest BCUT2D eigenvalue weighted by Crippen LogP contribution is 2.46. The predicted octanol–water partition coefficient (Wildman–Crippen LogP) is 6.47. The van der Waals surface area contributed by atoms with Crippen LogP contribution in [0.1, 0.15) is 28.7 Å². The molecule has 2 aromatic heterocycles. The first-order valence-corrected chi connectivity index (χ1v) is 14.8. The maximum Gasteiger partial charge on any atom is 0.270 e. The molecule has 10 heteroatoms. The minimum Gasteiger partial charge on any atom is -0.497 e. The van der Waals surface area contributed by atoms with Gasteiger partial charge in [0, 0.05) is 52.7 Å². The van der Waals surface area contributed by atoms with Crippen molar-refractivity contribution in [1.29, 1.82) is 0 Å². The lowest BCUT2D eigenvalue weighted by molar-refractivity contribution is -0.688. The number of non-ortho nitro benzene ring substituents is 1. The number of aromatic nitrogens is 2. The molecule has 0 atom stereocenters. The van der Waals surface area contributed by atoms with Crippen LogP contribution in [0.25, 0.3) is 39.2 Å². The Morgan fingerprint density at radius 3 is 2.60 bits per heavy atom. The minimum absolute atomic E-state index is 0.0600. The number of ether oxygens (including phenoxy) is 5. The van der Waals surface area contributed by atoms with E-state index in [1.807, 2.05) is 30.3 Å². The third-order valence-electron chi connectivity index (χ3n) is 8.91. The van der Waals surface area contributed by atoms with E-state index in [9.17, 15) is 10.1 Å². The number of aromatic amines is 1. The molecule has 45 heavy (non-hydrogen) atoms. The van der Waals surface area contributed by atoms with E-state index in [-0.39, 0.29) is 17.4 Å². The summed E-state index contributed by atoms with van der Waals surface area (Å²) >= 11 is 0. The van der Waals surface area contributed by atoms with E-state index >= 15 is 0 Å². The van der Waals surface area contributed by atoms with E-state index in [0.717, 1.165) is 98.3 Å². The van der Waals surface area contributed by atoms with E-state index < -0.39 is 0 Å². The molecule has 0 unspecified atom stereocenters. The Bertz CT molecular complexity index is 2060. The van der Waals surface area contributed by atoms with Crippen LogP contribution in [0.15, 0.2) is 72.6 Å². The summed E-state index contributed by atoms with van der Waals surface area (Å²) in [5, 5.41) is 12.1. The number of pyridine rings is 1. The Labute approximate surface area is 258 Å². The van der Waals surface area contributed by atoms with Crippen molar-refractivity contribution in [3.05, 3.63) is 105 Å². The van der Waals surface area contributed by atoms with Gasteiger partial charge in [0.15, 0.2) is 35.7 Å². The lowest BCUT2D eigenvalue weighted by Gasteiger charge is -2.26. The summed E-state index contributed by atoms with van der Waals surface area (Å²) in [6, 6.07) is 19.0. The Morgan fingerprint density at radius 1 is 0.933 bits per heavy atom. The molecule has 0 spiro atoms. The molecule has 0 saturated carbocycles. The fourth-order valence-corrected chi connectivity index (χ4v) is 6.76. The smallest absolute Gasteiger partial charge is 0.270 e. The van der Waals surface area contributed by atoms with Gasteiger partial charge in [-0.25, -0.2) is 0 Å². The van der Waals surface area contributed by atoms with E-state index in [1.54, 1.807) is 26.4 Å². The molecule has 0 radical (unpaired) electrons. The summed E-state index contributed by atoms with van der Waals surface area (Å²) in [7, 11) is 3.36. The van der Waals surface area contributed by atoms with Gasteiger partial charge in [-0.15, -0.1) is 0 Å². The fourth-order valence-electron chi connectivity index (χ4n) is 6.76. The molecule has 10 nitrogen and oxygen atoms in total. The zero-order chi connectivity index (χ0) is 30.7. The second-order valence-electron chi connectivity index (χ2n) is 11.3. The molecule has 0 fully saturated rings. The molecule has 3 aromatic carbocycles. The number of hydrogen-bond acceptors (Lipinski definition) is 7. The Kier molecular flexibility index (Phi) is 6.37. The quantitative estimate of drug-likeness (QED) is 0.129. The number of nitro groups is 1. The molecule has 226 valence electrons. The van der Waals surface area contributed by atoms with Gasteiger partial charge in [-0.2, -0.15) is 4.57 Å². The zero-order valence-corrected chi connectivity index (χ0v) is 24.8. The fraction of sp³-hybridized carbons (Fsp3) is 0.229. The summed E-state index contributed by atoms with van der Waals surface area (Å²) < 4.78 is 32.2. The number of aryl methyl sites for hydroxylation is 2. The van der Waals surface area contributed by atoms with E-state index in [0.29, 0.717) is 13.0 Å². The maximum atomic E-state index is 11.4. The number of fused-ring (bicyclic) bond motifs is 6. The van der Waals surface area contributed by atoms with Crippen LogP contribution in [0.5, 0.6) is 17.2 Å². The van der Waals surface area contributed by atoms with Gasteiger partial charge in [-0.05, 0) is 41.8 Å². The molecule has 0 saturated heterocycles. The average molecular weight is 605 g/mol. The number of nitrogens with one attached hydrogen (secondary N) is 1. The Balaban J connectivity index is 1.24. The summed E-state index contributed by atoms with van der Waals surface area (Å²) in [5.41, 5.74) is 8.99. The van der Waals surface area contributed by atoms with Crippen molar-refractivity contribution in [1.82, 2.24) is 4.98 Å². The summed E-state index contributed by atoms with van der Waals surface area (Å²) in [6.07, 6.45) is 4.42. The van der Waals surface area contributed by atoms with Crippen LogP contribution in [0, 0.1) is 10.1 Å². The summed E-state index contributed by atoms with van der Waals surface area (Å²) in [5.74, 6) is 3.85. The minimum atomic E-state index is -0.377. The molecule has 8 rings (SSSR count). The van der Waals surface area contributed by atoms with Gasteiger partial charge in [0.1, 0.15) is 12.4 Å². The topological polar surface area (TPSA) is 109 Å². The van der Waals surface area contributed by atoms with Crippen molar-refractivity contribution in [2.45, 2.75) is 32.4 Å². The predicted molar refractivity (Wildman–Crippen MR) is 166 cm³/mol. The lowest BCUT2D eigenvalue weighted by Crippen LogP contribution is -2.42. The second-order valence-corrected chi connectivity index (χ2v) is 11.3. The molecule has 0 bridgehead atoms. The van der Waals surface area contributed by atoms with Gasteiger partial charge in [0.25, 0.3) is 11.4 Å².